The third kappa shape index (κ3) is 6.27. The van der Waals surface area contributed by atoms with Crippen molar-refractivity contribution in [2.24, 2.45) is 16.6 Å². The minimum absolute atomic E-state index is 0.0370. The molecule has 2 saturated heterocycles. The lowest BCUT2D eigenvalue weighted by Gasteiger charge is -2.48. The molecule has 2 heterocycles. The van der Waals surface area contributed by atoms with Gasteiger partial charge in [-0.2, -0.15) is 13.2 Å². The molecule has 0 spiro atoms. The first-order valence-corrected chi connectivity index (χ1v) is 10.4. The van der Waals surface area contributed by atoms with Crippen molar-refractivity contribution in [3.8, 4) is 0 Å². The quantitative estimate of drug-likeness (QED) is 0.602. The maximum atomic E-state index is 13.2. The Balaban J connectivity index is 1.69. The van der Waals surface area contributed by atoms with E-state index in [1.54, 1.807) is 12.1 Å². The molecule has 0 radical (unpaired) electrons. The van der Waals surface area contributed by atoms with E-state index in [0.29, 0.717) is 44.1 Å². The number of rotatable bonds is 7. The van der Waals surface area contributed by atoms with Gasteiger partial charge < -0.3 is 30.5 Å². The van der Waals surface area contributed by atoms with Crippen LogP contribution in [0.1, 0.15) is 31.9 Å². The number of hydrogen-bond donors (Lipinski definition) is 3. The van der Waals surface area contributed by atoms with E-state index in [4.69, 9.17) is 15.2 Å². The summed E-state index contributed by atoms with van der Waals surface area (Å²) in [7, 11) is 0. The average Bonchev–Trinajstić information content (AvgIpc) is 2.65. The highest BCUT2D eigenvalue weighted by Crippen LogP contribution is 2.36. The van der Waals surface area contributed by atoms with Crippen molar-refractivity contribution in [3.05, 3.63) is 35.5 Å². The number of halogens is 3. The molecular weight excluding hydrogens is 411 g/mol. The molecule has 31 heavy (non-hydrogen) atoms. The summed E-state index contributed by atoms with van der Waals surface area (Å²) in [5.74, 6) is 0. The van der Waals surface area contributed by atoms with Crippen LogP contribution in [0.5, 0.6) is 0 Å². The molecule has 9 heteroatoms. The van der Waals surface area contributed by atoms with Gasteiger partial charge in [0.2, 0.25) is 0 Å². The Morgan fingerprint density at radius 3 is 2.48 bits per heavy atom. The average molecular weight is 444 g/mol. The van der Waals surface area contributed by atoms with Crippen LogP contribution in [0.25, 0.3) is 5.70 Å². The molecule has 2 aliphatic rings. The van der Waals surface area contributed by atoms with E-state index in [-0.39, 0.29) is 28.7 Å². The standard InChI is InChI=1S/C22H32F3N3O3/c1-20(2)13-30-19(31-14-20)9-27-8-18(26)17-5-4-16(6-15(17)7-22(23,24)25)28-10-21(3,11-28)12-29/h4-6,8,19,27,29H,7,9-14,26H2,1-3H3/b18-8-. The van der Waals surface area contributed by atoms with E-state index in [0.717, 1.165) is 0 Å². The number of ether oxygens (including phenoxy) is 2. The number of aliphatic hydroxyl groups is 1. The second-order valence-corrected chi connectivity index (χ2v) is 9.68. The van der Waals surface area contributed by atoms with Gasteiger partial charge >= 0.3 is 6.18 Å². The van der Waals surface area contributed by atoms with Gasteiger partial charge in [-0.3, -0.25) is 0 Å². The first kappa shape index (κ1) is 23.7. The topological polar surface area (TPSA) is 80.0 Å². The largest absolute Gasteiger partial charge is 0.397 e. The summed E-state index contributed by atoms with van der Waals surface area (Å²) < 4.78 is 50.8. The van der Waals surface area contributed by atoms with Crippen molar-refractivity contribution < 1.29 is 27.8 Å². The lowest BCUT2D eigenvalue weighted by atomic mass is 9.82. The van der Waals surface area contributed by atoms with Crippen LogP contribution >= 0.6 is 0 Å². The Labute approximate surface area is 181 Å². The minimum atomic E-state index is -4.35. The maximum absolute atomic E-state index is 13.2. The minimum Gasteiger partial charge on any atom is -0.397 e. The molecule has 0 unspecified atom stereocenters. The third-order valence-corrected chi connectivity index (χ3v) is 5.54. The molecule has 1 aromatic carbocycles. The van der Waals surface area contributed by atoms with Crippen molar-refractivity contribution in [2.75, 3.05) is 44.4 Å². The third-order valence-electron chi connectivity index (χ3n) is 5.54. The maximum Gasteiger partial charge on any atom is 0.393 e. The van der Waals surface area contributed by atoms with Crippen LogP contribution in [-0.2, 0) is 15.9 Å². The van der Waals surface area contributed by atoms with Crippen LogP contribution in [0.3, 0.4) is 0 Å². The highest BCUT2D eigenvalue weighted by molar-refractivity contribution is 5.69. The Kier molecular flexibility index (Phi) is 6.78. The van der Waals surface area contributed by atoms with Crippen molar-refractivity contribution in [2.45, 2.75) is 39.7 Å². The van der Waals surface area contributed by atoms with Gasteiger partial charge in [0.1, 0.15) is 0 Å². The van der Waals surface area contributed by atoms with Crippen LogP contribution in [-0.4, -0.2) is 57.0 Å². The normalized spacial score (nSPS) is 21.6. The molecule has 1 aromatic rings. The van der Waals surface area contributed by atoms with Gasteiger partial charge in [0.15, 0.2) is 6.29 Å². The summed E-state index contributed by atoms with van der Waals surface area (Å²) in [6, 6.07) is 4.92. The zero-order valence-electron chi connectivity index (χ0n) is 18.3. The summed E-state index contributed by atoms with van der Waals surface area (Å²) in [6.45, 7) is 8.76. The first-order chi connectivity index (χ1) is 14.4. The summed E-state index contributed by atoms with van der Waals surface area (Å²) in [5, 5.41) is 12.4. The number of hydrogen-bond acceptors (Lipinski definition) is 6. The second-order valence-electron chi connectivity index (χ2n) is 9.68. The van der Waals surface area contributed by atoms with Crippen LogP contribution in [0.2, 0.25) is 0 Å². The summed E-state index contributed by atoms with van der Waals surface area (Å²) in [4.78, 5) is 1.96. The highest BCUT2D eigenvalue weighted by Gasteiger charge is 2.38. The van der Waals surface area contributed by atoms with Gasteiger partial charge in [0, 0.05) is 41.4 Å². The SMILES string of the molecule is CC1(C)COC(CN/C=C(\N)c2ccc(N3CC(C)(CO)C3)cc2CC(F)(F)F)OC1. The van der Waals surface area contributed by atoms with E-state index in [1.807, 2.05) is 25.7 Å². The summed E-state index contributed by atoms with van der Waals surface area (Å²) >= 11 is 0. The van der Waals surface area contributed by atoms with E-state index >= 15 is 0 Å². The van der Waals surface area contributed by atoms with E-state index in [9.17, 15) is 18.3 Å². The zero-order chi connectivity index (χ0) is 22.9. The fourth-order valence-corrected chi connectivity index (χ4v) is 3.77. The molecule has 0 amide bonds. The number of nitrogens with zero attached hydrogens (tertiary/aromatic N) is 1. The van der Waals surface area contributed by atoms with Gasteiger partial charge in [0.05, 0.1) is 38.5 Å². The molecule has 0 saturated carbocycles. The van der Waals surface area contributed by atoms with Crippen molar-refractivity contribution in [1.29, 1.82) is 0 Å². The van der Waals surface area contributed by atoms with Crippen LogP contribution in [0.4, 0.5) is 18.9 Å². The van der Waals surface area contributed by atoms with Crippen LogP contribution in [0, 0.1) is 10.8 Å². The summed E-state index contributed by atoms with van der Waals surface area (Å²) in [5.41, 5.74) is 7.22. The molecule has 0 aliphatic carbocycles. The molecule has 0 bridgehead atoms. The van der Waals surface area contributed by atoms with Gasteiger partial charge in [-0.05, 0) is 17.7 Å². The molecule has 2 fully saturated rings. The number of aliphatic hydroxyl groups excluding tert-OH is 1. The fraction of sp³-hybridized carbons (Fsp3) is 0.636. The van der Waals surface area contributed by atoms with Gasteiger partial charge in [-0.25, -0.2) is 0 Å². The second kappa shape index (κ2) is 8.88. The molecule has 0 aromatic heterocycles. The predicted octanol–water partition coefficient (Wildman–Crippen LogP) is 2.86. The van der Waals surface area contributed by atoms with Gasteiger partial charge in [-0.15, -0.1) is 0 Å². The van der Waals surface area contributed by atoms with E-state index in [1.165, 1.54) is 12.3 Å². The van der Waals surface area contributed by atoms with Crippen LogP contribution < -0.4 is 16.0 Å². The molecule has 4 N–H and O–H groups in total. The molecule has 174 valence electrons. The Morgan fingerprint density at radius 2 is 1.90 bits per heavy atom. The monoisotopic (exact) mass is 443 g/mol. The Bertz CT molecular complexity index is 795. The number of nitrogens with one attached hydrogen (secondary N) is 1. The number of alkyl halides is 3. The first-order valence-electron chi connectivity index (χ1n) is 10.4. The zero-order valence-corrected chi connectivity index (χ0v) is 18.3. The van der Waals surface area contributed by atoms with E-state index < -0.39 is 18.9 Å². The molecule has 2 aliphatic heterocycles. The molecule has 0 atom stereocenters. The molecular formula is C22H32F3N3O3. The predicted molar refractivity (Wildman–Crippen MR) is 113 cm³/mol. The molecule has 6 nitrogen and oxygen atoms in total. The fourth-order valence-electron chi connectivity index (χ4n) is 3.77. The molecule has 3 rings (SSSR count). The van der Waals surface area contributed by atoms with Crippen LogP contribution in [0.15, 0.2) is 24.4 Å². The van der Waals surface area contributed by atoms with Crippen molar-refractivity contribution in [1.82, 2.24) is 5.32 Å². The Hall–Kier alpha value is -1.97. The number of benzene rings is 1. The van der Waals surface area contributed by atoms with Crippen molar-refractivity contribution in [3.63, 3.8) is 0 Å². The Morgan fingerprint density at radius 1 is 1.26 bits per heavy atom. The number of anilines is 1. The van der Waals surface area contributed by atoms with Crippen molar-refractivity contribution >= 4 is 11.4 Å². The lowest BCUT2D eigenvalue weighted by Crippen LogP contribution is -2.56. The smallest absolute Gasteiger partial charge is 0.393 e. The number of nitrogens with two attached hydrogens (primary N) is 1. The lowest BCUT2D eigenvalue weighted by molar-refractivity contribution is -0.217. The summed E-state index contributed by atoms with van der Waals surface area (Å²) in [6.07, 6.45) is -4.36. The van der Waals surface area contributed by atoms with Gasteiger partial charge in [0.25, 0.3) is 0 Å². The van der Waals surface area contributed by atoms with E-state index in [2.05, 4.69) is 5.32 Å². The highest BCUT2D eigenvalue weighted by atomic mass is 19.4. The van der Waals surface area contributed by atoms with Gasteiger partial charge in [-0.1, -0.05) is 26.8 Å².